The van der Waals surface area contributed by atoms with E-state index in [1.165, 1.54) is 31.5 Å². The number of nitrogens with one attached hydrogen (secondary N) is 2. The maximum absolute atomic E-state index is 12.1. The molecule has 1 heterocycles. The van der Waals surface area contributed by atoms with Gasteiger partial charge in [-0.05, 0) is 56.6 Å². The number of likely N-dealkylation sites (tertiary alicyclic amines) is 1. The van der Waals surface area contributed by atoms with Crippen molar-refractivity contribution >= 4 is 30.7 Å². The third-order valence-electron chi connectivity index (χ3n) is 3.81. The molecule has 1 aliphatic heterocycles. The van der Waals surface area contributed by atoms with Gasteiger partial charge in [-0.2, -0.15) is 0 Å². The lowest BCUT2D eigenvalue weighted by Crippen LogP contribution is -2.32. The van der Waals surface area contributed by atoms with Crippen molar-refractivity contribution in [2.24, 2.45) is 0 Å². The Morgan fingerprint density at radius 3 is 2.57 bits per heavy atom. The monoisotopic (exact) mass is 361 g/mol. The summed E-state index contributed by atoms with van der Waals surface area (Å²) in [5.41, 5.74) is 2.00. The minimum atomic E-state index is 0. The van der Waals surface area contributed by atoms with Gasteiger partial charge in [0.2, 0.25) is 0 Å². The van der Waals surface area contributed by atoms with Gasteiger partial charge < -0.3 is 10.6 Å². The Morgan fingerprint density at radius 1 is 1.13 bits per heavy atom. The first-order valence-electron chi connectivity index (χ1n) is 8.10. The summed E-state index contributed by atoms with van der Waals surface area (Å²) >= 11 is 0. The van der Waals surface area contributed by atoms with E-state index in [1.807, 2.05) is 18.2 Å². The lowest BCUT2D eigenvalue weighted by Gasteiger charge is -2.15. The van der Waals surface area contributed by atoms with Crippen LogP contribution in [0.3, 0.4) is 0 Å². The van der Waals surface area contributed by atoms with E-state index in [1.54, 1.807) is 0 Å². The Balaban J connectivity index is 0.00000242. The number of amides is 1. The van der Waals surface area contributed by atoms with Crippen molar-refractivity contribution in [1.29, 1.82) is 0 Å². The van der Waals surface area contributed by atoms with Gasteiger partial charge in [0.05, 0.1) is 0 Å². The molecule has 132 valence electrons. The predicted molar refractivity (Wildman–Crippen MR) is 101 cm³/mol. The van der Waals surface area contributed by atoms with Gasteiger partial charge in [-0.25, -0.2) is 0 Å². The molecule has 1 saturated heterocycles. The van der Waals surface area contributed by atoms with Gasteiger partial charge in [0.1, 0.15) is 0 Å². The van der Waals surface area contributed by atoms with Crippen LogP contribution < -0.4 is 10.6 Å². The molecule has 0 spiro atoms. The van der Waals surface area contributed by atoms with Crippen molar-refractivity contribution in [3.63, 3.8) is 0 Å². The normalized spacial score (nSPS) is 14.0. The molecule has 6 heteroatoms. The molecule has 4 nitrogen and oxygen atoms in total. The van der Waals surface area contributed by atoms with E-state index in [9.17, 15) is 4.79 Å². The highest BCUT2D eigenvalue weighted by atomic mass is 35.5. The number of benzene rings is 1. The first kappa shape index (κ1) is 22.2. The van der Waals surface area contributed by atoms with Crippen LogP contribution in [0, 0.1) is 0 Å². The van der Waals surface area contributed by atoms with E-state index in [0.29, 0.717) is 6.54 Å². The van der Waals surface area contributed by atoms with Gasteiger partial charge in [0.15, 0.2) is 0 Å². The van der Waals surface area contributed by atoms with Crippen LogP contribution in [-0.2, 0) is 6.54 Å². The Morgan fingerprint density at radius 2 is 1.87 bits per heavy atom. The molecule has 0 unspecified atom stereocenters. The molecule has 1 fully saturated rings. The van der Waals surface area contributed by atoms with E-state index >= 15 is 0 Å². The van der Waals surface area contributed by atoms with Crippen LogP contribution >= 0.6 is 24.8 Å². The third kappa shape index (κ3) is 8.02. The number of nitrogens with zero attached hydrogens (tertiary/aromatic N) is 1. The smallest absolute Gasteiger partial charge is 0.251 e. The summed E-state index contributed by atoms with van der Waals surface area (Å²) in [5, 5.41) is 6.24. The lowest BCUT2D eigenvalue weighted by atomic mass is 10.1. The van der Waals surface area contributed by atoms with Crippen molar-refractivity contribution in [2.45, 2.75) is 32.7 Å². The quantitative estimate of drug-likeness (QED) is 0.699. The van der Waals surface area contributed by atoms with Crippen LogP contribution in [0.1, 0.15) is 42.1 Å². The first-order chi connectivity index (χ1) is 10.3. The topological polar surface area (TPSA) is 44.4 Å². The molecule has 2 N–H and O–H groups in total. The second-order valence-electron chi connectivity index (χ2n) is 5.69. The fourth-order valence-electron chi connectivity index (χ4n) is 2.68. The minimum absolute atomic E-state index is 0. The SMILES string of the molecule is CCCNCCNC(=O)c1cccc(CN2CCCC2)c1.Cl.Cl. The molecule has 0 atom stereocenters. The van der Waals surface area contributed by atoms with Crippen LogP contribution in [0.2, 0.25) is 0 Å². The molecule has 0 saturated carbocycles. The van der Waals surface area contributed by atoms with Gasteiger partial charge in [0, 0.05) is 25.2 Å². The Bertz CT molecular complexity index is 451. The summed E-state index contributed by atoms with van der Waals surface area (Å²) in [6.45, 7) is 7.96. The van der Waals surface area contributed by atoms with E-state index in [-0.39, 0.29) is 30.7 Å². The van der Waals surface area contributed by atoms with Crippen LogP contribution in [0.5, 0.6) is 0 Å². The fraction of sp³-hybridized carbons (Fsp3) is 0.588. The summed E-state index contributed by atoms with van der Waals surface area (Å²) < 4.78 is 0. The van der Waals surface area contributed by atoms with E-state index in [2.05, 4.69) is 28.5 Å². The van der Waals surface area contributed by atoms with Crippen molar-refractivity contribution in [2.75, 3.05) is 32.7 Å². The molecule has 2 rings (SSSR count). The van der Waals surface area contributed by atoms with Crippen molar-refractivity contribution in [3.8, 4) is 0 Å². The number of hydrogen-bond donors (Lipinski definition) is 2. The molecule has 0 bridgehead atoms. The number of carbonyl (C=O) groups is 1. The van der Waals surface area contributed by atoms with Crippen molar-refractivity contribution in [1.82, 2.24) is 15.5 Å². The summed E-state index contributed by atoms with van der Waals surface area (Å²) in [6, 6.07) is 8.00. The molecule has 1 aromatic rings. The van der Waals surface area contributed by atoms with Gasteiger partial charge in [-0.3, -0.25) is 9.69 Å². The number of carbonyl (C=O) groups excluding carboxylic acids is 1. The number of halogens is 2. The highest BCUT2D eigenvalue weighted by Gasteiger charge is 2.12. The maximum Gasteiger partial charge on any atom is 0.251 e. The fourth-order valence-corrected chi connectivity index (χ4v) is 2.68. The van der Waals surface area contributed by atoms with Gasteiger partial charge in [0.25, 0.3) is 5.91 Å². The molecule has 0 radical (unpaired) electrons. The zero-order chi connectivity index (χ0) is 14.9. The van der Waals surface area contributed by atoms with Gasteiger partial charge >= 0.3 is 0 Å². The standard InChI is InChI=1S/C17H27N3O.2ClH/c1-2-8-18-9-10-19-17(21)16-7-5-6-15(13-16)14-20-11-3-4-12-20;;/h5-7,13,18H,2-4,8-12,14H2,1H3,(H,19,21);2*1H. The molecule has 23 heavy (non-hydrogen) atoms. The molecule has 1 aromatic carbocycles. The molecule has 1 aliphatic rings. The molecule has 0 aliphatic carbocycles. The van der Waals surface area contributed by atoms with E-state index in [0.717, 1.165) is 31.6 Å². The molecule has 1 amide bonds. The second-order valence-corrected chi connectivity index (χ2v) is 5.69. The first-order valence-corrected chi connectivity index (χ1v) is 8.10. The average molecular weight is 362 g/mol. The lowest BCUT2D eigenvalue weighted by molar-refractivity contribution is 0.0954. The van der Waals surface area contributed by atoms with Crippen LogP contribution in [0.25, 0.3) is 0 Å². The summed E-state index contributed by atoms with van der Waals surface area (Å²) in [6.07, 6.45) is 3.71. The summed E-state index contributed by atoms with van der Waals surface area (Å²) in [4.78, 5) is 14.6. The number of hydrogen-bond acceptors (Lipinski definition) is 3. The van der Waals surface area contributed by atoms with Crippen molar-refractivity contribution in [3.05, 3.63) is 35.4 Å². The minimum Gasteiger partial charge on any atom is -0.351 e. The van der Waals surface area contributed by atoms with E-state index < -0.39 is 0 Å². The molecular formula is C17H29Cl2N3O. The second kappa shape index (κ2) is 12.6. The van der Waals surface area contributed by atoms with Gasteiger partial charge in [-0.15, -0.1) is 24.8 Å². The van der Waals surface area contributed by atoms with E-state index in [4.69, 9.17) is 0 Å². The van der Waals surface area contributed by atoms with Gasteiger partial charge in [-0.1, -0.05) is 19.1 Å². The highest BCUT2D eigenvalue weighted by molar-refractivity contribution is 5.94. The predicted octanol–water partition coefficient (Wildman–Crippen LogP) is 2.86. The summed E-state index contributed by atoms with van der Waals surface area (Å²) in [7, 11) is 0. The highest BCUT2D eigenvalue weighted by Crippen LogP contribution is 2.13. The maximum atomic E-state index is 12.1. The Hall–Kier alpha value is -0.810. The average Bonchev–Trinajstić information content (AvgIpc) is 3.00. The zero-order valence-electron chi connectivity index (χ0n) is 13.8. The molecular weight excluding hydrogens is 333 g/mol. The number of rotatable bonds is 8. The van der Waals surface area contributed by atoms with Crippen molar-refractivity contribution < 1.29 is 4.79 Å². The zero-order valence-corrected chi connectivity index (χ0v) is 15.5. The Kier molecular flexibility index (Phi) is 12.1. The summed E-state index contributed by atoms with van der Waals surface area (Å²) in [5.74, 6) is 0.0246. The largest absolute Gasteiger partial charge is 0.351 e. The van der Waals surface area contributed by atoms with Crippen LogP contribution in [0.4, 0.5) is 0 Å². The van der Waals surface area contributed by atoms with Crippen LogP contribution in [0.15, 0.2) is 24.3 Å². The van der Waals surface area contributed by atoms with Crippen LogP contribution in [-0.4, -0.2) is 43.5 Å². The Labute approximate surface area is 152 Å². The molecule has 0 aromatic heterocycles. The third-order valence-corrected chi connectivity index (χ3v) is 3.81.